The first-order valence-corrected chi connectivity index (χ1v) is 8.30. The monoisotopic (exact) mass is 478 g/mol. The van der Waals surface area contributed by atoms with Crippen molar-refractivity contribution in [1.82, 2.24) is 15.6 Å². The van der Waals surface area contributed by atoms with E-state index in [-0.39, 0.29) is 24.0 Å². The van der Waals surface area contributed by atoms with Crippen LogP contribution in [-0.2, 0) is 13.0 Å². The van der Waals surface area contributed by atoms with Gasteiger partial charge < -0.3 is 10.6 Å². The third-order valence-electron chi connectivity index (χ3n) is 3.15. The van der Waals surface area contributed by atoms with Gasteiger partial charge in [-0.2, -0.15) is 0 Å². The zero-order valence-electron chi connectivity index (χ0n) is 13.4. The Bertz CT molecular complexity index is 647. The van der Waals surface area contributed by atoms with Gasteiger partial charge in [-0.1, -0.05) is 41.4 Å². The third-order valence-corrected chi connectivity index (χ3v) is 3.61. The Morgan fingerprint density at radius 3 is 2.62 bits per heavy atom. The predicted octanol–water partition coefficient (Wildman–Crippen LogP) is 4.30. The summed E-state index contributed by atoms with van der Waals surface area (Å²) in [4.78, 5) is 8.60. The Balaban J connectivity index is 0.00000288. The minimum atomic E-state index is 0. The van der Waals surface area contributed by atoms with Crippen molar-refractivity contribution < 1.29 is 0 Å². The Labute approximate surface area is 170 Å². The van der Waals surface area contributed by atoms with Crippen LogP contribution in [0.5, 0.6) is 0 Å². The van der Waals surface area contributed by atoms with Crippen molar-refractivity contribution in [2.75, 3.05) is 13.1 Å². The second kappa shape index (κ2) is 11.5. The molecule has 130 valence electrons. The van der Waals surface area contributed by atoms with Crippen LogP contribution in [0.4, 0.5) is 0 Å². The van der Waals surface area contributed by atoms with E-state index in [4.69, 9.17) is 23.2 Å². The summed E-state index contributed by atoms with van der Waals surface area (Å²) in [5.74, 6) is 0.782. The topological polar surface area (TPSA) is 49.3 Å². The van der Waals surface area contributed by atoms with Crippen LogP contribution in [0.25, 0.3) is 0 Å². The average Bonchev–Trinajstić information content (AvgIpc) is 2.54. The summed E-state index contributed by atoms with van der Waals surface area (Å²) in [6.45, 7) is 4.18. The van der Waals surface area contributed by atoms with Gasteiger partial charge in [0.05, 0.1) is 6.54 Å². The van der Waals surface area contributed by atoms with Gasteiger partial charge in [-0.25, -0.2) is 9.98 Å². The highest BCUT2D eigenvalue weighted by Crippen LogP contribution is 2.10. The Morgan fingerprint density at radius 1 is 1.12 bits per heavy atom. The lowest BCUT2D eigenvalue weighted by Gasteiger charge is -2.11. The lowest BCUT2D eigenvalue weighted by Crippen LogP contribution is -2.38. The van der Waals surface area contributed by atoms with Crippen molar-refractivity contribution in [2.45, 2.75) is 19.9 Å². The van der Waals surface area contributed by atoms with Gasteiger partial charge in [-0.05, 0) is 42.7 Å². The fraction of sp³-hybridized carbons (Fsp3) is 0.294. The maximum Gasteiger partial charge on any atom is 0.191 e. The third kappa shape index (κ3) is 7.68. The van der Waals surface area contributed by atoms with Crippen LogP contribution >= 0.6 is 47.2 Å². The van der Waals surface area contributed by atoms with Crippen LogP contribution in [0.1, 0.15) is 18.1 Å². The molecule has 0 atom stereocenters. The molecule has 0 aliphatic heterocycles. The first-order chi connectivity index (χ1) is 11.2. The first-order valence-electron chi connectivity index (χ1n) is 7.54. The zero-order chi connectivity index (χ0) is 16.5. The quantitative estimate of drug-likeness (QED) is 0.281. The summed E-state index contributed by atoms with van der Waals surface area (Å²) >= 11 is 11.8. The Kier molecular flexibility index (Phi) is 10.1. The zero-order valence-corrected chi connectivity index (χ0v) is 17.3. The van der Waals surface area contributed by atoms with E-state index in [2.05, 4.69) is 26.7 Å². The highest BCUT2D eigenvalue weighted by atomic mass is 127. The van der Waals surface area contributed by atoms with E-state index >= 15 is 0 Å². The summed E-state index contributed by atoms with van der Waals surface area (Å²) in [7, 11) is 0. The number of hydrogen-bond acceptors (Lipinski definition) is 2. The number of nitrogens with one attached hydrogen (secondary N) is 2. The Hall–Kier alpha value is -1.05. The largest absolute Gasteiger partial charge is 0.357 e. The van der Waals surface area contributed by atoms with Gasteiger partial charge in [0.1, 0.15) is 5.15 Å². The second-order valence-corrected chi connectivity index (χ2v) is 5.81. The van der Waals surface area contributed by atoms with Crippen molar-refractivity contribution >= 4 is 53.1 Å². The van der Waals surface area contributed by atoms with Gasteiger partial charge in [-0.15, -0.1) is 24.0 Å². The number of aromatic nitrogens is 1. The fourth-order valence-electron chi connectivity index (χ4n) is 2.03. The molecule has 0 aliphatic carbocycles. The fourth-order valence-corrected chi connectivity index (χ4v) is 2.35. The van der Waals surface area contributed by atoms with Crippen molar-refractivity contribution in [3.8, 4) is 0 Å². The molecule has 7 heteroatoms. The molecule has 0 saturated carbocycles. The van der Waals surface area contributed by atoms with Crippen LogP contribution in [0.15, 0.2) is 47.6 Å². The molecule has 24 heavy (non-hydrogen) atoms. The number of rotatable bonds is 6. The summed E-state index contributed by atoms with van der Waals surface area (Å²) < 4.78 is 0. The number of benzene rings is 1. The molecule has 0 saturated heterocycles. The van der Waals surface area contributed by atoms with E-state index in [9.17, 15) is 0 Å². The summed E-state index contributed by atoms with van der Waals surface area (Å²) in [5.41, 5.74) is 2.21. The van der Waals surface area contributed by atoms with Gasteiger partial charge in [0.2, 0.25) is 0 Å². The molecule has 1 heterocycles. The van der Waals surface area contributed by atoms with E-state index in [1.807, 2.05) is 31.2 Å². The van der Waals surface area contributed by atoms with Crippen molar-refractivity contribution in [1.29, 1.82) is 0 Å². The second-order valence-electron chi connectivity index (χ2n) is 4.99. The molecule has 0 bridgehead atoms. The standard InChI is InChI=1S/C17H20Cl2N4.HI/c1-2-20-17(23-12-14-6-7-16(19)22-11-14)21-9-8-13-4-3-5-15(18)10-13;/h3-7,10-11H,2,8-9,12H2,1H3,(H2,20,21,23);1H. The van der Waals surface area contributed by atoms with Crippen LogP contribution in [0.3, 0.4) is 0 Å². The summed E-state index contributed by atoms with van der Waals surface area (Å²) in [5, 5.41) is 7.80. The van der Waals surface area contributed by atoms with Gasteiger partial charge in [0.25, 0.3) is 0 Å². The van der Waals surface area contributed by atoms with Gasteiger partial charge >= 0.3 is 0 Å². The number of aliphatic imine (C=N–C) groups is 1. The summed E-state index contributed by atoms with van der Waals surface area (Å²) in [6.07, 6.45) is 2.62. The van der Waals surface area contributed by atoms with Crippen molar-refractivity contribution in [3.05, 3.63) is 63.9 Å². The first kappa shape index (κ1) is 21.0. The molecule has 0 amide bonds. The van der Waals surface area contributed by atoms with Crippen LogP contribution in [0, 0.1) is 0 Å². The molecule has 1 aromatic carbocycles. The normalized spacial score (nSPS) is 10.9. The van der Waals surface area contributed by atoms with Crippen molar-refractivity contribution in [2.24, 2.45) is 4.99 Å². The molecule has 2 rings (SSSR count). The minimum Gasteiger partial charge on any atom is -0.357 e. The minimum absolute atomic E-state index is 0. The van der Waals surface area contributed by atoms with E-state index in [1.165, 1.54) is 5.56 Å². The molecule has 1 aromatic heterocycles. The lowest BCUT2D eigenvalue weighted by molar-refractivity contribution is 0.799. The number of nitrogens with zero attached hydrogens (tertiary/aromatic N) is 2. The van der Waals surface area contributed by atoms with Gasteiger partial charge in [-0.3, -0.25) is 0 Å². The molecule has 0 unspecified atom stereocenters. The maximum absolute atomic E-state index is 5.99. The molecule has 2 N–H and O–H groups in total. The highest BCUT2D eigenvalue weighted by Gasteiger charge is 1.99. The molecule has 0 spiro atoms. The molecule has 4 nitrogen and oxygen atoms in total. The molecule has 0 radical (unpaired) electrons. The molecular weight excluding hydrogens is 458 g/mol. The van der Waals surface area contributed by atoms with Crippen LogP contribution in [-0.4, -0.2) is 24.0 Å². The summed E-state index contributed by atoms with van der Waals surface area (Å²) in [6, 6.07) is 11.6. The highest BCUT2D eigenvalue weighted by molar-refractivity contribution is 14.0. The van der Waals surface area contributed by atoms with E-state index < -0.39 is 0 Å². The predicted molar refractivity (Wildman–Crippen MR) is 113 cm³/mol. The van der Waals surface area contributed by atoms with Crippen molar-refractivity contribution in [3.63, 3.8) is 0 Å². The molecule has 2 aromatic rings. The SMILES string of the molecule is CCNC(=NCc1ccc(Cl)nc1)NCCc1cccc(Cl)c1.I. The van der Waals surface area contributed by atoms with E-state index in [1.54, 1.807) is 12.3 Å². The molecule has 0 aliphatic rings. The number of guanidine groups is 1. The molecule has 0 fully saturated rings. The van der Waals surface area contributed by atoms with Gasteiger partial charge in [0.15, 0.2) is 5.96 Å². The number of hydrogen-bond donors (Lipinski definition) is 2. The smallest absolute Gasteiger partial charge is 0.191 e. The van der Waals surface area contributed by atoms with Gasteiger partial charge in [0, 0.05) is 24.3 Å². The maximum atomic E-state index is 5.99. The van der Waals surface area contributed by atoms with E-state index in [0.717, 1.165) is 36.1 Å². The average molecular weight is 479 g/mol. The Morgan fingerprint density at radius 2 is 1.96 bits per heavy atom. The van der Waals surface area contributed by atoms with Crippen LogP contribution in [0.2, 0.25) is 10.2 Å². The van der Waals surface area contributed by atoms with Crippen LogP contribution < -0.4 is 10.6 Å². The lowest BCUT2D eigenvalue weighted by atomic mass is 10.1. The molecular formula is C17H21Cl2IN4. The number of halogens is 3. The van der Waals surface area contributed by atoms with E-state index in [0.29, 0.717) is 11.7 Å². The number of pyridine rings is 1.